The third kappa shape index (κ3) is 6.40. The van der Waals surface area contributed by atoms with Gasteiger partial charge in [0.05, 0.1) is 11.4 Å². The summed E-state index contributed by atoms with van der Waals surface area (Å²) < 4.78 is 0. The Balaban J connectivity index is 1.00. The maximum atomic E-state index is 2.36. The number of benzene rings is 9. The summed E-state index contributed by atoms with van der Waals surface area (Å²) in [7, 11) is 0. The van der Waals surface area contributed by atoms with Crippen LogP contribution in [0.25, 0.3) is 43.8 Å². The van der Waals surface area contributed by atoms with Crippen LogP contribution in [0.1, 0.15) is 11.1 Å². The van der Waals surface area contributed by atoms with Gasteiger partial charge in [-0.3, -0.25) is 0 Å². The fourth-order valence-corrected chi connectivity index (χ4v) is 7.51. The lowest BCUT2D eigenvalue weighted by atomic mass is 9.99. The molecule has 0 amide bonds. The topological polar surface area (TPSA) is 6.48 Å². The van der Waals surface area contributed by atoms with Gasteiger partial charge in [0.1, 0.15) is 0 Å². The Bertz CT molecular complexity index is 2490. The van der Waals surface area contributed by atoms with E-state index in [-0.39, 0.29) is 0 Å². The number of aryl methyl sites for hydroxylation is 2. The van der Waals surface area contributed by atoms with Gasteiger partial charge in [0.2, 0.25) is 0 Å². The number of nitrogens with zero attached hydrogens (tertiary/aromatic N) is 2. The van der Waals surface area contributed by atoms with Crippen molar-refractivity contribution in [3.63, 3.8) is 0 Å². The average molecular weight is 693 g/mol. The Morgan fingerprint density at radius 3 is 0.889 bits per heavy atom. The van der Waals surface area contributed by atoms with Crippen molar-refractivity contribution in [2.24, 2.45) is 0 Å². The first-order valence-corrected chi connectivity index (χ1v) is 18.6. The second-order valence-electron chi connectivity index (χ2n) is 14.0. The van der Waals surface area contributed by atoms with Crippen LogP contribution in [0.15, 0.2) is 206 Å². The first-order chi connectivity index (χ1) is 26.6. The minimum atomic E-state index is 1.12. The van der Waals surface area contributed by atoms with Crippen molar-refractivity contribution in [3.05, 3.63) is 217 Å². The lowest BCUT2D eigenvalue weighted by molar-refractivity contribution is 1.29. The van der Waals surface area contributed by atoms with E-state index in [1.807, 2.05) is 0 Å². The largest absolute Gasteiger partial charge is 0.310 e. The van der Waals surface area contributed by atoms with Crippen LogP contribution in [0.3, 0.4) is 0 Å². The van der Waals surface area contributed by atoms with E-state index >= 15 is 0 Å². The van der Waals surface area contributed by atoms with E-state index in [2.05, 4.69) is 230 Å². The molecule has 258 valence electrons. The van der Waals surface area contributed by atoms with Crippen LogP contribution in [0.4, 0.5) is 34.1 Å². The lowest BCUT2D eigenvalue weighted by Crippen LogP contribution is -2.10. The van der Waals surface area contributed by atoms with E-state index in [9.17, 15) is 0 Å². The molecule has 0 radical (unpaired) electrons. The van der Waals surface area contributed by atoms with Crippen molar-refractivity contribution in [1.29, 1.82) is 0 Å². The first kappa shape index (κ1) is 33.0. The molecule has 0 unspecified atom stereocenters. The van der Waals surface area contributed by atoms with Crippen molar-refractivity contribution in [3.8, 4) is 22.3 Å². The van der Waals surface area contributed by atoms with E-state index in [0.717, 1.165) is 22.7 Å². The fraction of sp³-hybridized carbons (Fsp3) is 0.0385. The summed E-state index contributed by atoms with van der Waals surface area (Å²) in [6.07, 6.45) is 0. The van der Waals surface area contributed by atoms with Crippen molar-refractivity contribution in [2.45, 2.75) is 13.8 Å². The minimum absolute atomic E-state index is 1.12. The molecule has 0 fully saturated rings. The van der Waals surface area contributed by atoms with Gasteiger partial charge in [0, 0.05) is 33.5 Å². The zero-order valence-electron chi connectivity index (χ0n) is 30.5. The molecule has 9 rings (SSSR count). The highest BCUT2D eigenvalue weighted by Crippen LogP contribution is 2.41. The Labute approximate surface area is 317 Å². The summed E-state index contributed by atoms with van der Waals surface area (Å²) in [4.78, 5) is 4.72. The Morgan fingerprint density at radius 2 is 0.537 bits per heavy atom. The third-order valence-corrected chi connectivity index (χ3v) is 10.4. The van der Waals surface area contributed by atoms with Gasteiger partial charge in [-0.15, -0.1) is 0 Å². The van der Waals surface area contributed by atoms with Gasteiger partial charge in [-0.05, 0) is 108 Å². The quantitative estimate of drug-likeness (QED) is 0.156. The van der Waals surface area contributed by atoms with Gasteiger partial charge < -0.3 is 9.80 Å². The molecule has 0 atom stereocenters. The summed E-state index contributed by atoms with van der Waals surface area (Å²) in [5.41, 5.74) is 14.1. The predicted molar refractivity (Wildman–Crippen MR) is 231 cm³/mol. The molecule has 0 saturated carbocycles. The van der Waals surface area contributed by atoms with Gasteiger partial charge in [-0.2, -0.15) is 0 Å². The number of hydrogen-bond donors (Lipinski definition) is 0. The zero-order valence-corrected chi connectivity index (χ0v) is 30.5. The van der Waals surface area contributed by atoms with Gasteiger partial charge >= 0.3 is 0 Å². The third-order valence-electron chi connectivity index (χ3n) is 10.4. The van der Waals surface area contributed by atoms with Gasteiger partial charge in [-0.1, -0.05) is 157 Å². The molecule has 0 bridgehead atoms. The molecule has 2 nitrogen and oxygen atoms in total. The van der Waals surface area contributed by atoms with E-state index in [1.165, 1.54) is 66.3 Å². The normalized spacial score (nSPS) is 11.1. The smallest absolute Gasteiger partial charge is 0.0540 e. The maximum absolute atomic E-state index is 2.36. The lowest BCUT2D eigenvalue weighted by Gasteiger charge is -2.27. The number of hydrogen-bond acceptors (Lipinski definition) is 2. The van der Waals surface area contributed by atoms with Crippen molar-refractivity contribution in [1.82, 2.24) is 0 Å². The molecular weight excluding hydrogens is 653 g/mol. The second-order valence-corrected chi connectivity index (χ2v) is 14.0. The van der Waals surface area contributed by atoms with Crippen molar-refractivity contribution < 1.29 is 0 Å². The van der Waals surface area contributed by atoms with Crippen LogP contribution in [-0.4, -0.2) is 0 Å². The molecule has 0 saturated heterocycles. The Kier molecular flexibility index (Phi) is 8.70. The molecule has 0 aliphatic carbocycles. The highest BCUT2D eigenvalue weighted by molar-refractivity contribution is 6.00. The molecule has 9 aromatic carbocycles. The van der Waals surface area contributed by atoms with E-state index in [0.29, 0.717) is 0 Å². The Morgan fingerprint density at radius 1 is 0.259 bits per heavy atom. The van der Waals surface area contributed by atoms with E-state index in [4.69, 9.17) is 0 Å². The van der Waals surface area contributed by atoms with Gasteiger partial charge in [0.15, 0.2) is 0 Å². The van der Waals surface area contributed by atoms with E-state index in [1.54, 1.807) is 0 Å². The standard InChI is InChI=1S/C52H40N2/c1-37-17-29-45(30-18-37)53(51-15-7-11-43-9-3-5-13-49(43)51)47-33-25-41(26-34-47)39-21-23-40(24-22-39)42-27-35-48(36-28-42)54(46-31-19-38(2)20-32-46)52-16-8-12-44-10-4-6-14-50(44)52/h3-36H,1-2H3. The highest BCUT2D eigenvalue weighted by Gasteiger charge is 2.17. The zero-order chi connectivity index (χ0) is 36.4. The summed E-state index contributed by atoms with van der Waals surface area (Å²) in [5.74, 6) is 0. The van der Waals surface area contributed by atoms with Gasteiger partial charge in [0.25, 0.3) is 0 Å². The van der Waals surface area contributed by atoms with Crippen molar-refractivity contribution in [2.75, 3.05) is 9.80 Å². The molecule has 9 aromatic rings. The molecule has 0 aromatic heterocycles. The molecule has 54 heavy (non-hydrogen) atoms. The summed E-state index contributed by atoms with van der Waals surface area (Å²) in [6, 6.07) is 74.7. The van der Waals surface area contributed by atoms with Crippen molar-refractivity contribution >= 4 is 55.7 Å². The first-order valence-electron chi connectivity index (χ1n) is 18.6. The molecule has 0 N–H and O–H groups in total. The SMILES string of the molecule is Cc1ccc(N(c2ccc(-c3ccc(-c4ccc(N(c5ccc(C)cc5)c5cccc6ccccc56)cc4)cc3)cc2)c2cccc3ccccc23)cc1. The molecule has 0 aliphatic rings. The minimum Gasteiger partial charge on any atom is -0.310 e. The number of anilines is 6. The van der Waals surface area contributed by atoms with E-state index < -0.39 is 0 Å². The monoisotopic (exact) mass is 692 g/mol. The number of fused-ring (bicyclic) bond motifs is 2. The molecule has 2 heteroatoms. The van der Waals surface area contributed by atoms with Crippen LogP contribution in [0, 0.1) is 13.8 Å². The van der Waals surface area contributed by atoms with Crippen LogP contribution < -0.4 is 9.80 Å². The van der Waals surface area contributed by atoms with Crippen LogP contribution in [0.2, 0.25) is 0 Å². The summed E-state index contributed by atoms with van der Waals surface area (Å²) >= 11 is 0. The van der Waals surface area contributed by atoms with Crippen LogP contribution in [0.5, 0.6) is 0 Å². The molecule has 0 aliphatic heterocycles. The average Bonchev–Trinajstić information content (AvgIpc) is 3.23. The summed E-state index contributed by atoms with van der Waals surface area (Å²) in [6.45, 7) is 4.27. The maximum Gasteiger partial charge on any atom is 0.0540 e. The summed E-state index contributed by atoms with van der Waals surface area (Å²) in [5, 5.41) is 4.91. The fourth-order valence-electron chi connectivity index (χ4n) is 7.51. The molecule has 0 heterocycles. The van der Waals surface area contributed by atoms with Gasteiger partial charge in [-0.25, -0.2) is 0 Å². The number of rotatable bonds is 8. The van der Waals surface area contributed by atoms with Crippen LogP contribution in [-0.2, 0) is 0 Å². The predicted octanol–water partition coefficient (Wildman–Crippen LogP) is 14.9. The Hall–Kier alpha value is -6.90. The highest BCUT2D eigenvalue weighted by atomic mass is 15.1. The molecular formula is C52H40N2. The molecule has 0 spiro atoms. The second kappa shape index (κ2) is 14.3. The van der Waals surface area contributed by atoms with Crippen LogP contribution >= 0.6 is 0 Å².